The molecule has 2 fully saturated rings. The standard InChI is InChI=1S/C23H27N3O2/c1-24-14-15-26(21(17-24)19-6-3-2-4-7-19)23(28)20-11-9-18(10-12-20)16-25-13-5-8-22(25)27/h2-4,6-7,9-12,21H,5,8,13-17H2,1H3. The van der Waals surface area contributed by atoms with Gasteiger partial charge in [0.05, 0.1) is 6.04 Å². The lowest BCUT2D eigenvalue weighted by Gasteiger charge is -2.40. The first-order valence-electron chi connectivity index (χ1n) is 10.0. The van der Waals surface area contributed by atoms with Gasteiger partial charge in [0.1, 0.15) is 0 Å². The average Bonchev–Trinajstić information content (AvgIpc) is 3.13. The summed E-state index contributed by atoms with van der Waals surface area (Å²) in [5.41, 5.74) is 2.96. The molecule has 0 N–H and O–H groups in total. The van der Waals surface area contributed by atoms with E-state index >= 15 is 0 Å². The first-order chi connectivity index (χ1) is 13.6. The molecule has 2 heterocycles. The summed E-state index contributed by atoms with van der Waals surface area (Å²) in [5.74, 6) is 0.300. The molecule has 0 saturated carbocycles. The van der Waals surface area contributed by atoms with Crippen LogP contribution < -0.4 is 0 Å². The third kappa shape index (κ3) is 3.94. The molecular weight excluding hydrogens is 350 g/mol. The molecule has 0 aromatic heterocycles. The molecule has 0 spiro atoms. The average molecular weight is 377 g/mol. The van der Waals surface area contributed by atoms with Gasteiger partial charge >= 0.3 is 0 Å². The summed E-state index contributed by atoms with van der Waals surface area (Å²) in [7, 11) is 2.10. The van der Waals surface area contributed by atoms with Gasteiger partial charge in [-0.25, -0.2) is 0 Å². The maximum Gasteiger partial charge on any atom is 0.254 e. The predicted octanol–water partition coefficient (Wildman–Crippen LogP) is 2.94. The van der Waals surface area contributed by atoms with Gasteiger partial charge in [-0.3, -0.25) is 9.59 Å². The Morgan fingerprint density at radius 3 is 2.43 bits per heavy atom. The molecule has 1 unspecified atom stereocenters. The van der Waals surface area contributed by atoms with Crippen molar-refractivity contribution in [2.45, 2.75) is 25.4 Å². The minimum Gasteiger partial charge on any atom is -0.338 e. The van der Waals surface area contributed by atoms with Crippen molar-refractivity contribution in [1.82, 2.24) is 14.7 Å². The van der Waals surface area contributed by atoms with Crippen molar-refractivity contribution in [2.24, 2.45) is 0 Å². The normalized spacial score (nSPS) is 20.6. The number of carbonyl (C=O) groups is 2. The summed E-state index contributed by atoms with van der Waals surface area (Å²) in [6.45, 7) is 3.90. The van der Waals surface area contributed by atoms with Gasteiger partial charge in [-0.1, -0.05) is 42.5 Å². The molecule has 4 rings (SSSR count). The van der Waals surface area contributed by atoms with E-state index in [9.17, 15) is 9.59 Å². The Bertz CT molecular complexity index is 835. The van der Waals surface area contributed by atoms with Crippen molar-refractivity contribution in [2.75, 3.05) is 33.2 Å². The Morgan fingerprint density at radius 1 is 1.00 bits per heavy atom. The highest BCUT2D eigenvalue weighted by Crippen LogP contribution is 2.27. The minimum absolute atomic E-state index is 0.0642. The van der Waals surface area contributed by atoms with Crippen molar-refractivity contribution in [3.63, 3.8) is 0 Å². The fraction of sp³-hybridized carbons (Fsp3) is 0.391. The highest BCUT2D eigenvalue weighted by molar-refractivity contribution is 5.94. The molecular formula is C23H27N3O2. The molecule has 0 bridgehead atoms. The maximum atomic E-state index is 13.2. The molecule has 2 aromatic rings. The number of piperazine rings is 1. The summed E-state index contributed by atoms with van der Waals surface area (Å²) in [5, 5.41) is 0. The fourth-order valence-corrected chi connectivity index (χ4v) is 4.13. The molecule has 28 heavy (non-hydrogen) atoms. The first kappa shape index (κ1) is 18.7. The molecule has 5 heteroatoms. The monoisotopic (exact) mass is 377 g/mol. The van der Waals surface area contributed by atoms with Gasteiger partial charge in [-0.05, 0) is 36.7 Å². The zero-order chi connectivity index (χ0) is 19.5. The van der Waals surface area contributed by atoms with E-state index in [1.807, 2.05) is 52.3 Å². The van der Waals surface area contributed by atoms with E-state index in [1.54, 1.807) is 0 Å². The van der Waals surface area contributed by atoms with Crippen molar-refractivity contribution < 1.29 is 9.59 Å². The van der Waals surface area contributed by atoms with E-state index in [1.165, 1.54) is 5.56 Å². The summed E-state index contributed by atoms with van der Waals surface area (Å²) < 4.78 is 0. The predicted molar refractivity (Wildman–Crippen MR) is 109 cm³/mol. The molecule has 5 nitrogen and oxygen atoms in total. The van der Waals surface area contributed by atoms with Gasteiger partial charge in [0.15, 0.2) is 0 Å². The minimum atomic E-state index is 0.0642. The summed E-state index contributed by atoms with van der Waals surface area (Å²) in [6.07, 6.45) is 1.60. The van der Waals surface area contributed by atoms with E-state index in [0.29, 0.717) is 18.5 Å². The van der Waals surface area contributed by atoms with E-state index in [-0.39, 0.29) is 17.9 Å². The summed E-state index contributed by atoms with van der Waals surface area (Å²) >= 11 is 0. The number of amides is 2. The van der Waals surface area contributed by atoms with Gasteiger partial charge in [0.25, 0.3) is 5.91 Å². The Morgan fingerprint density at radius 2 is 1.75 bits per heavy atom. The zero-order valence-corrected chi connectivity index (χ0v) is 16.4. The van der Waals surface area contributed by atoms with Crippen molar-refractivity contribution >= 4 is 11.8 Å². The van der Waals surface area contributed by atoms with Crippen LogP contribution in [0.1, 0.15) is 40.4 Å². The largest absolute Gasteiger partial charge is 0.338 e. The van der Waals surface area contributed by atoms with Crippen LogP contribution in [0, 0.1) is 0 Å². The molecule has 146 valence electrons. The molecule has 2 aromatic carbocycles. The molecule has 1 atom stereocenters. The first-order valence-corrected chi connectivity index (χ1v) is 10.0. The van der Waals surface area contributed by atoms with Crippen molar-refractivity contribution in [3.05, 3.63) is 71.3 Å². The smallest absolute Gasteiger partial charge is 0.254 e. The van der Waals surface area contributed by atoms with Gasteiger partial charge in [0.2, 0.25) is 5.91 Å². The summed E-state index contributed by atoms with van der Waals surface area (Å²) in [4.78, 5) is 31.2. The molecule has 0 aliphatic carbocycles. The van der Waals surface area contributed by atoms with E-state index in [0.717, 1.165) is 38.2 Å². The Labute approximate surface area is 166 Å². The Balaban J connectivity index is 1.50. The lowest BCUT2D eigenvalue weighted by atomic mass is 10.0. The summed E-state index contributed by atoms with van der Waals surface area (Å²) in [6, 6.07) is 18.1. The van der Waals surface area contributed by atoms with Crippen LogP contribution in [0.15, 0.2) is 54.6 Å². The van der Waals surface area contributed by atoms with Gasteiger partial charge in [0, 0.05) is 44.7 Å². The third-order valence-electron chi connectivity index (χ3n) is 5.77. The van der Waals surface area contributed by atoms with Gasteiger partial charge < -0.3 is 14.7 Å². The molecule has 0 radical (unpaired) electrons. The number of hydrogen-bond acceptors (Lipinski definition) is 3. The number of benzene rings is 2. The number of likely N-dealkylation sites (tertiary alicyclic amines) is 1. The zero-order valence-electron chi connectivity index (χ0n) is 16.4. The fourth-order valence-electron chi connectivity index (χ4n) is 4.13. The van der Waals surface area contributed by atoms with Crippen molar-refractivity contribution in [1.29, 1.82) is 0 Å². The highest BCUT2D eigenvalue weighted by atomic mass is 16.2. The molecule has 2 saturated heterocycles. The topological polar surface area (TPSA) is 43.9 Å². The van der Waals surface area contributed by atoms with Crippen molar-refractivity contribution in [3.8, 4) is 0 Å². The van der Waals surface area contributed by atoms with Crippen LogP contribution in [-0.4, -0.2) is 59.7 Å². The number of nitrogens with zero attached hydrogens (tertiary/aromatic N) is 3. The van der Waals surface area contributed by atoms with Crippen LogP contribution >= 0.6 is 0 Å². The van der Waals surface area contributed by atoms with Crippen LogP contribution in [0.2, 0.25) is 0 Å². The molecule has 2 aliphatic heterocycles. The number of hydrogen-bond donors (Lipinski definition) is 0. The van der Waals surface area contributed by atoms with E-state index in [2.05, 4.69) is 24.1 Å². The second-order valence-electron chi connectivity index (χ2n) is 7.80. The van der Waals surface area contributed by atoms with Gasteiger partial charge in [-0.2, -0.15) is 0 Å². The second-order valence-corrected chi connectivity index (χ2v) is 7.80. The van der Waals surface area contributed by atoms with Crippen LogP contribution in [0.5, 0.6) is 0 Å². The number of rotatable bonds is 4. The Kier molecular flexibility index (Phi) is 5.44. The molecule has 2 amide bonds. The van der Waals surface area contributed by atoms with E-state index < -0.39 is 0 Å². The van der Waals surface area contributed by atoms with E-state index in [4.69, 9.17) is 0 Å². The highest BCUT2D eigenvalue weighted by Gasteiger charge is 2.30. The lowest BCUT2D eigenvalue weighted by Crippen LogP contribution is -2.49. The number of carbonyl (C=O) groups excluding carboxylic acids is 2. The third-order valence-corrected chi connectivity index (χ3v) is 5.77. The van der Waals surface area contributed by atoms with Crippen LogP contribution in [-0.2, 0) is 11.3 Å². The SMILES string of the molecule is CN1CCN(C(=O)c2ccc(CN3CCCC3=O)cc2)C(c2ccccc2)C1. The molecule has 2 aliphatic rings. The Hall–Kier alpha value is -2.66. The van der Waals surface area contributed by atoms with Crippen LogP contribution in [0.25, 0.3) is 0 Å². The van der Waals surface area contributed by atoms with Gasteiger partial charge in [-0.15, -0.1) is 0 Å². The van der Waals surface area contributed by atoms with Crippen LogP contribution in [0.3, 0.4) is 0 Å². The lowest BCUT2D eigenvalue weighted by molar-refractivity contribution is -0.128. The number of likely N-dealkylation sites (N-methyl/N-ethyl adjacent to an activating group) is 1. The maximum absolute atomic E-state index is 13.2. The van der Waals surface area contributed by atoms with Crippen LogP contribution in [0.4, 0.5) is 0 Å². The second kappa shape index (κ2) is 8.15. The quantitative estimate of drug-likeness (QED) is 0.823.